The van der Waals surface area contributed by atoms with Gasteiger partial charge in [0.2, 0.25) is 0 Å². The van der Waals surface area contributed by atoms with Crippen LogP contribution in [0.1, 0.15) is 13.8 Å². The van der Waals surface area contributed by atoms with Crippen molar-refractivity contribution < 1.29 is 19.1 Å². The number of aldehydes is 1. The van der Waals surface area contributed by atoms with Gasteiger partial charge in [-0.25, -0.2) is 0 Å². The van der Waals surface area contributed by atoms with Crippen molar-refractivity contribution in [1.82, 2.24) is 0 Å². The lowest BCUT2D eigenvalue weighted by molar-refractivity contribution is -0.155. The van der Waals surface area contributed by atoms with E-state index >= 15 is 0 Å². The number of esters is 2. The summed E-state index contributed by atoms with van der Waals surface area (Å²) >= 11 is 0. The van der Waals surface area contributed by atoms with Gasteiger partial charge < -0.3 is 9.53 Å². The van der Waals surface area contributed by atoms with E-state index in [9.17, 15) is 14.4 Å². The Morgan fingerprint density at radius 2 is 2.06 bits per heavy atom. The maximum Gasteiger partial charge on any atom is 0.319 e. The van der Waals surface area contributed by atoms with Crippen LogP contribution in [-0.4, -0.2) is 18.2 Å². The molecule has 4 unspecified atom stereocenters. The van der Waals surface area contributed by atoms with Gasteiger partial charge in [-0.15, -0.1) is 0 Å². The van der Waals surface area contributed by atoms with E-state index in [-0.39, 0.29) is 5.92 Å². The second kappa shape index (κ2) is 2.94. The number of carbonyl (C=O) groups is 3. The van der Waals surface area contributed by atoms with Crippen molar-refractivity contribution >= 4 is 18.2 Å². The molecule has 0 spiro atoms. The third-order valence-corrected chi connectivity index (χ3v) is 4.10. The molecular weight excluding hydrogens is 220 g/mol. The van der Waals surface area contributed by atoms with Crippen LogP contribution in [0.4, 0.5) is 0 Å². The summed E-state index contributed by atoms with van der Waals surface area (Å²) in [6.07, 6.45) is 4.40. The van der Waals surface area contributed by atoms with Crippen molar-refractivity contribution in [2.45, 2.75) is 13.8 Å². The molecule has 0 N–H and O–H groups in total. The number of ether oxygens (including phenoxy) is 1. The molecule has 1 heterocycles. The molecule has 0 radical (unpaired) electrons. The monoisotopic (exact) mass is 232 g/mol. The first-order valence-corrected chi connectivity index (χ1v) is 5.62. The summed E-state index contributed by atoms with van der Waals surface area (Å²) in [5.41, 5.74) is 0.979. The summed E-state index contributed by atoms with van der Waals surface area (Å²) < 4.78 is 4.66. The average Bonchev–Trinajstić information content (AvgIpc) is 2.87. The van der Waals surface area contributed by atoms with Gasteiger partial charge in [0.15, 0.2) is 0 Å². The van der Waals surface area contributed by atoms with Gasteiger partial charge in [-0.3, -0.25) is 9.59 Å². The number of hydrogen-bond acceptors (Lipinski definition) is 4. The molecule has 4 atom stereocenters. The van der Waals surface area contributed by atoms with Gasteiger partial charge in [-0.2, -0.15) is 0 Å². The fraction of sp³-hybridized carbons (Fsp3) is 0.462. The Morgan fingerprint density at radius 1 is 1.35 bits per heavy atom. The molecule has 4 heteroatoms. The maximum absolute atomic E-state index is 11.7. The van der Waals surface area contributed by atoms with Gasteiger partial charge in [-0.1, -0.05) is 17.7 Å². The number of hydrogen-bond donors (Lipinski definition) is 0. The van der Waals surface area contributed by atoms with Gasteiger partial charge >= 0.3 is 11.9 Å². The van der Waals surface area contributed by atoms with Gasteiger partial charge in [0.1, 0.15) is 6.29 Å². The summed E-state index contributed by atoms with van der Waals surface area (Å²) in [6, 6.07) is 0. The zero-order valence-corrected chi connectivity index (χ0v) is 9.60. The Hall–Kier alpha value is -1.71. The molecular formula is C13H12O4. The van der Waals surface area contributed by atoms with Crippen molar-refractivity contribution in [3.05, 3.63) is 23.3 Å². The Bertz CT molecular complexity index is 510. The van der Waals surface area contributed by atoms with E-state index in [1.807, 2.05) is 19.9 Å². The highest BCUT2D eigenvalue weighted by Crippen LogP contribution is 2.62. The summed E-state index contributed by atoms with van der Waals surface area (Å²) in [4.78, 5) is 34.9. The van der Waals surface area contributed by atoms with Crippen LogP contribution in [-0.2, 0) is 19.1 Å². The third kappa shape index (κ3) is 0.965. The first-order chi connectivity index (χ1) is 8.03. The molecule has 3 aliphatic rings. The summed E-state index contributed by atoms with van der Waals surface area (Å²) in [5, 5.41) is 0. The third-order valence-electron chi connectivity index (χ3n) is 4.10. The molecule has 4 nitrogen and oxygen atoms in total. The minimum atomic E-state index is -0.933. The van der Waals surface area contributed by atoms with Crippen molar-refractivity contribution in [2.24, 2.45) is 23.2 Å². The number of carbonyl (C=O) groups excluding carboxylic acids is 3. The summed E-state index contributed by atoms with van der Waals surface area (Å²) in [7, 11) is 0. The van der Waals surface area contributed by atoms with E-state index in [1.54, 1.807) is 6.08 Å². The molecule has 1 aliphatic heterocycles. The molecule has 1 saturated carbocycles. The molecule has 2 fully saturated rings. The molecule has 1 saturated heterocycles. The molecule has 0 aromatic heterocycles. The molecule has 88 valence electrons. The van der Waals surface area contributed by atoms with Gasteiger partial charge in [0, 0.05) is 5.92 Å². The lowest BCUT2D eigenvalue weighted by atomic mass is 9.74. The normalized spacial score (nSPS) is 41.8. The van der Waals surface area contributed by atoms with E-state index in [2.05, 4.69) is 4.74 Å². The van der Waals surface area contributed by atoms with E-state index in [4.69, 9.17) is 0 Å². The Labute approximate surface area is 98.3 Å². The van der Waals surface area contributed by atoms with Crippen molar-refractivity contribution in [2.75, 3.05) is 0 Å². The van der Waals surface area contributed by atoms with E-state index in [0.717, 1.165) is 17.4 Å². The minimum Gasteiger partial charge on any atom is -0.393 e. The zero-order chi connectivity index (χ0) is 12.4. The second-order valence-electron chi connectivity index (χ2n) is 5.09. The van der Waals surface area contributed by atoms with Gasteiger partial charge in [0.25, 0.3) is 0 Å². The molecule has 17 heavy (non-hydrogen) atoms. The van der Waals surface area contributed by atoms with Crippen LogP contribution in [0.15, 0.2) is 23.3 Å². The van der Waals surface area contributed by atoms with Crippen molar-refractivity contribution in [1.29, 1.82) is 0 Å². The number of cyclic esters (lactones) is 2. The number of allylic oxidation sites excluding steroid dienone is 4. The molecule has 2 aliphatic carbocycles. The summed E-state index contributed by atoms with van der Waals surface area (Å²) in [6.45, 7) is 3.81. The predicted octanol–water partition coefficient (Wildman–Crippen LogP) is 1.02. The van der Waals surface area contributed by atoms with Crippen LogP contribution in [0.3, 0.4) is 0 Å². The zero-order valence-electron chi connectivity index (χ0n) is 9.60. The van der Waals surface area contributed by atoms with Crippen LogP contribution < -0.4 is 0 Å². The van der Waals surface area contributed by atoms with Crippen molar-refractivity contribution in [3.63, 3.8) is 0 Å². The first kappa shape index (κ1) is 10.4. The van der Waals surface area contributed by atoms with Crippen LogP contribution in [0, 0.1) is 23.2 Å². The number of fused-ring (bicyclic) bond motifs is 5. The fourth-order valence-electron chi connectivity index (χ4n) is 3.61. The quantitative estimate of drug-likeness (QED) is 0.293. The largest absolute Gasteiger partial charge is 0.393 e. The van der Waals surface area contributed by atoms with Gasteiger partial charge in [-0.05, 0) is 19.4 Å². The average molecular weight is 232 g/mol. The molecule has 0 amide bonds. The Balaban J connectivity index is 2.26. The lowest BCUT2D eigenvalue weighted by Crippen LogP contribution is -2.33. The summed E-state index contributed by atoms with van der Waals surface area (Å²) in [5.74, 6) is -2.33. The second-order valence-corrected chi connectivity index (χ2v) is 5.09. The highest BCUT2D eigenvalue weighted by Gasteiger charge is 2.68. The first-order valence-electron chi connectivity index (χ1n) is 5.62. The Morgan fingerprint density at radius 3 is 2.65 bits per heavy atom. The van der Waals surface area contributed by atoms with Gasteiger partial charge in [0.05, 0.1) is 17.3 Å². The van der Waals surface area contributed by atoms with E-state index in [0.29, 0.717) is 0 Å². The van der Waals surface area contributed by atoms with E-state index < -0.39 is 29.2 Å². The minimum absolute atomic E-state index is 0.144. The standard InChI is InChI=1S/C13H12O4/c1-6(2)9-7-3-4-13(9,5-14)10-8(7)11(15)17-12(10)16/h3-5,7-8,10H,1-2H3. The van der Waals surface area contributed by atoms with Crippen LogP contribution in [0.2, 0.25) is 0 Å². The van der Waals surface area contributed by atoms with Crippen LogP contribution >= 0.6 is 0 Å². The smallest absolute Gasteiger partial charge is 0.319 e. The van der Waals surface area contributed by atoms with Crippen LogP contribution in [0.5, 0.6) is 0 Å². The lowest BCUT2D eigenvalue weighted by Gasteiger charge is -2.23. The molecule has 0 aromatic rings. The number of rotatable bonds is 1. The topological polar surface area (TPSA) is 60.4 Å². The molecule has 2 bridgehead atoms. The SMILES string of the molecule is CC(C)=C1C2C=CC1(C=O)C1C(=O)OC(=O)C21. The Kier molecular flexibility index (Phi) is 1.81. The van der Waals surface area contributed by atoms with Crippen molar-refractivity contribution in [3.8, 4) is 0 Å². The molecule has 3 rings (SSSR count). The van der Waals surface area contributed by atoms with E-state index in [1.165, 1.54) is 0 Å². The molecule has 0 aromatic carbocycles. The predicted molar refractivity (Wildman–Crippen MR) is 57.6 cm³/mol. The maximum atomic E-state index is 11.7. The highest BCUT2D eigenvalue weighted by atomic mass is 16.6. The van der Waals surface area contributed by atoms with Crippen LogP contribution in [0.25, 0.3) is 0 Å². The highest BCUT2D eigenvalue weighted by molar-refractivity contribution is 6.03. The fourth-order valence-corrected chi connectivity index (χ4v) is 3.61.